The molecule has 0 spiro atoms. The Balaban J connectivity index is 1.33. The van der Waals surface area contributed by atoms with Crippen molar-refractivity contribution in [3.05, 3.63) is 71.6 Å². The highest BCUT2D eigenvalue weighted by Crippen LogP contribution is 2.29. The second kappa shape index (κ2) is 14.0. The van der Waals surface area contributed by atoms with Gasteiger partial charge >= 0.3 is 12.1 Å². The minimum atomic E-state index is -0.317. The van der Waals surface area contributed by atoms with Crippen LogP contribution >= 0.6 is 0 Å². The highest BCUT2D eigenvalue weighted by Gasteiger charge is 2.37. The quantitative estimate of drug-likeness (QED) is 0.267. The van der Waals surface area contributed by atoms with Gasteiger partial charge in [0.25, 0.3) is 0 Å². The number of nitrogens with zero attached hydrogens (tertiary/aromatic N) is 2. The first kappa shape index (κ1) is 29.2. The normalized spacial score (nSPS) is 17.1. The van der Waals surface area contributed by atoms with Gasteiger partial charge in [-0.2, -0.15) is 0 Å². The minimum absolute atomic E-state index is 0.0554. The number of ether oxygens (including phenoxy) is 3. The number of rotatable bonds is 11. The Hall–Kier alpha value is -3.81. The largest absolute Gasteiger partial charge is 0.493 e. The number of piperidine rings is 1. The molecule has 2 aromatic carbocycles. The van der Waals surface area contributed by atoms with Gasteiger partial charge in [0.2, 0.25) is 5.89 Å². The van der Waals surface area contributed by atoms with Crippen molar-refractivity contribution < 1.29 is 28.2 Å². The molecule has 1 amide bonds. The zero-order chi connectivity index (χ0) is 28.5. The van der Waals surface area contributed by atoms with Crippen LogP contribution in [-0.4, -0.2) is 54.9 Å². The Bertz CT molecular complexity index is 1240. The lowest BCUT2D eigenvalue weighted by molar-refractivity contribution is -0.152. The number of hydrogen-bond acceptors (Lipinski definition) is 7. The summed E-state index contributed by atoms with van der Waals surface area (Å²) in [6.07, 6.45) is 1.53. The fraction of sp³-hybridized carbons (Fsp3) is 0.469. The Kier molecular flexibility index (Phi) is 10.2. The first-order valence-corrected chi connectivity index (χ1v) is 14.2. The van der Waals surface area contributed by atoms with Crippen molar-refractivity contribution >= 4 is 12.1 Å². The van der Waals surface area contributed by atoms with Crippen LogP contribution in [-0.2, 0) is 27.1 Å². The second-order valence-electron chi connectivity index (χ2n) is 10.7. The fourth-order valence-electron chi connectivity index (χ4n) is 4.95. The molecule has 40 heavy (non-hydrogen) atoms. The highest BCUT2D eigenvalue weighted by atomic mass is 16.6. The second-order valence-corrected chi connectivity index (χ2v) is 10.7. The lowest BCUT2D eigenvalue weighted by Gasteiger charge is -2.37. The first-order chi connectivity index (χ1) is 19.3. The van der Waals surface area contributed by atoms with Crippen molar-refractivity contribution in [2.75, 3.05) is 32.9 Å². The molecule has 1 saturated heterocycles. The summed E-state index contributed by atoms with van der Waals surface area (Å²) in [5, 5.41) is 0. The van der Waals surface area contributed by atoms with E-state index in [0.29, 0.717) is 58.1 Å². The smallest absolute Gasteiger partial charge is 0.409 e. The molecular weight excluding hydrogens is 508 g/mol. The summed E-state index contributed by atoms with van der Waals surface area (Å²) < 4.78 is 22.6. The van der Waals surface area contributed by atoms with Gasteiger partial charge in [0.05, 0.1) is 31.4 Å². The van der Waals surface area contributed by atoms with Gasteiger partial charge in [0.1, 0.15) is 11.5 Å². The summed E-state index contributed by atoms with van der Waals surface area (Å²) in [6, 6.07) is 17.8. The molecule has 0 radical (unpaired) electrons. The number of aromatic nitrogens is 1. The lowest BCUT2D eigenvalue weighted by Crippen LogP contribution is -2.47. The molecule has 0 bridgehead atoms. The van der Waals surface area contributed by atoms with Crippen LogP contribution in [0.1, 0.15) is 44.2 Å². The summed E-state index contributed by atoms with van der Waals surface area (Å²) in [6.45, 7) is 9.90. The predicted octanol–water partition coefficient (Wildman–Crippen LogP) is 6.11. The summed E-state index contributed by atoms with van der Waals surface area (Å²) in [5.41, 5.74) is 2.91. The number of amides is 1. The zero-order valence-electron chi connectivity index (χ0n) is 23.9. The van der Waals surface area contributed by atoms with Gasteiger partial charge in [-0.05, 0) is 68.4 Å². The van der Waals surface area contributed by atoms with Crippen LogP contribution in [0.15, 0.2) is 59.0 Å². The maximum Gasteiger partial charge on any atom is 0.409 e. The molecule has 4 rings (SSSR count). The Morgan fingerprint density at radius 1 is 1.07 bits per heavy atom. The van der Waals surface area contributed by atoms with Crippen LogP contribution < -0.4 is 4.74 Å². The molecule has 8 nitrogen and oxygen atoms in total. The van der Waals surface area contributed by atoms with Crippen molar-refractivity contribution in [2.24, 2.45) is 17.8 Å². The Morgan fingerprint density at radius 2 is 1.82 bits per heavy atom. The molecule has 1 aliphatic heterocycles. The van der Waals surface area contributed by atoms with Crippen LogP contribution in [0, 0.1) is 24.7 Å². The van der Waals surface area contributed by atoms with Crippen LogP contribution in [0.2, 0.25) is 0 Å². The van der Waals surface area contributed by atoms with Crippen molar-refractivity contribution in [1.82, 2.24) is 9.88 Å². The van der Waals surface area contributed by atoms with Gasteiger partial charge in [0.15, 0.2) is 0 Å². The number of hydrogen-bond donors (Lipinski definition) is 0. The average Bonchev–Trinajstić information content (AvgIpc) is 3.33. The molecule has 1 aliphatic rings. The molecule has 2 atom stereocenters. The van der Waals surface area contributed by atoms with E-state index in [4.69, 9.17) is 18.6 Å². The van der Waals surface area contributed by atoms with Crippen molar-refractivity contribution in [2.45, 2.75) is 47.0 Å². The molecule has 0 aliphatic carbocycles. The fourth-order valence-corrected chi connectivity index (χ4v) is 4.95. The third kappa shape index (κ3) is 7.87. The van der Waals surface area contributed by atoms with Gasteiger partial charge < -0.3 is 23.5 Å². The predicted molar refractivity (Wildman–Crippen MR) is 152 cm³/mol. The van der Waals surface area contributed by atoms with E-state index in [0.717, 1.165) is 28.3 Å². The van der Waals surface area contributed by atoms with E-state index in [-0.39, 0.29) is 29.8 Å². The number of esters is 1. The third-order valence-corrected chi connectivity index (χ3v) is 7.06. The van der Waals surface area contributed by atoms with E-state index in [9.17, 15) is 9.59 Å². The Labute approximate surface area is 236 Å². The maximum absolute atomic E-state index is 12.7. The minimum Gasteiger partial charge on any atom is -0.493 e. The maximum atomic E-state index is 12.7. The molecule has 2 unspecified atom stereocenters. The number of aryl methyl sites for hydroxylation is 1. The van der Waals surface area contributed by atoms with Crippen LogP contribution in [0.4, 0.5) is 4.79 Å². The van der Waals surface area contributed by atoms with Gasteiger partial charge in [-0.1, -0.05) is 44.2 Å². The first-order valence-electron chi connectivity index (χ1n) is 14.2. The van der Waals surface area contributed by atoms with Crippen LogP contribution in [0.5, 0.6) is 5.75 Å². The van der Waals surface area contributed by atoms with Gasteiger partial charge in [-0.15, -0.1) is 0 Å². The van der Waals surface area contributed by atoms with Crippen LogP contribution in [0.25, 0.3) is 11.5 Å². The molecular formula is C32H40N2O6. The van der Waals surface area contributed by atoms with Crippen molar-refractivity contribution in [3.63, 3.8) is 0 Å². The number of benzene rings is 2. The van der Waals surface area contributed by atoms with Crippen molar-refractivity contribution in [1.29, 1.82) is 0 Å². The summed E-state index contributed by atoms with van der Waals surface area (Å²) in [5.74, 6) is 1.94. The van der Waals surface area contributed by atoms with E-state index in [2.05, 4.69) is 4.98 Å². The number of carbonyl (C=O) groups is 2. The standard InChI is InChI=1S/C32H40N2O6/c1-5-37-31(35)28-15-17-34(32(36)39-21-22(2)3)20-26(28)19-24-11-13-27(14-12-24)38-18-16-29-23(4)40-30(33-29)25-9-7-6-8-10-25/h6-14,22,26,28H,5,15-21H2,1-4H3. The summed E-state index contributed by atoms with van der Waals surface area (Å²) in [7, 11) is 0. The van der Waals surface area contributed by atoms with E-state index in [1.54, 1.807) is 4.90 Å². The lowest BCUT2D eigenvalue weighted by atomic mass is 9.81. The number of carbonyl (C=O) groups excluding carboxylic acids is 2. The number of oxazole rings is 1. The molecule has 0 N–H and O–H groups in total. The zero-order valence-corrected chi connectivity index (χ0v) is 23.9. The topological polar surface area (TPSA) is 91.1 Å². The van der Waals surface area contributed by atoms with E-state index in [1.807, 2.05) is 82.3 Å². The molecule has 2 heterocycles. The highest BCUT2D eigenvalue weighted by molar-refractivity contribution is 5.74. The Morgan fingerprint density at radius 3 is 2.52 bits per heavy atom. The monoisotopic (exact) mass is 548 g/mol. The summed E-state index contributed by atoms with van der Waals surface area (Å²) in [4.78, 5) is 31.7. The molecule has 214 valence electrons. The molecule has 8 heteroatoms. The van der Waals surface area contributed by atoms with Crippen LogP contribution in [0.3, 0.4) is 0 Å². The third-order valence-electron chi connectivity index (χ3n) is 7.06. The van der Waals surface area contributed by atoms with E-state index >= 15 is 0 Å². The van der Waals surface area contributed by atoms with E-state index in [1.165, 1.54) is 0 Å². The van der Waals surface area contributed by atoms with E-state index < -0.39 is 0 Å². The molecule has 0 saturated carbocycles. The van der Waals surface area contributed by atoms with Gasteiger partial charge in [-0.3, -0.25) is 4.79 Å². The van der Waals surface area contributed by atoms with Gasteiger partial charge in [0, 0.05) is 25.1 Å². The molecule has 1 aromatic heterocycles. The molecule has 3 aromatic rings. The SMILES string of the molecule is CCOC(=O)C1CCN(C(=O)OCC(C)C)CC1Cc1ccc(OCCc2nc(-c3ccccc3)oc2C)cc1. The van der Waals surface area contributed by atoms with Gasteiger partial charge in [-0.25, -0.2) is 9.78 Å². The average molecular weight is 549 g/mol. The number of likely N-dealkylation sites (tertiary alicyclic amines) is 1. The summed E-state index contributed by atoms with van der Waals surface area (Å²) >= 11 is 0. The van der Waals surface area contributed by atoms with Crippen molar-refractivity contribution in [3.8, 4) is 17.2 Å². The molecule has 1 fully saturated rings.